The second-order valence-corrected chi connectivity index (χ2v) is 10.2. The van der Waals surface area contributed by atoms with Crippen LogP contribution in [0.4, 0.5) is 5.82 Å². The second kappa shape index (κ2) is 7.99. The number of fused-ring (bicyclic) bond motifs is 3. The zero-order chi connectivity index (χ0) is 21.7. The number of hydrogen-bond donors (Lipinski definition) is 1. The van der Waals surface area contributed by atoms with Crippen molar-refractivity contribution in [2.24, 2.45) is 5.73 Å². The van der Waals surface area contributed by atoms with Crippen LogP contribution >= 0.6 is 11.3 Å². The van der Waals surface area contributed by atoms with Crippen molar-refractivity contribution in [3.63, 3.8) is 0 Å². The zero-order valence-electron chi connectivity index (χ0n) is 18.0. The number of primary amides is 1. The lowest BCUT2D eigenvalue weighted by molar-refractivity contribution is 0.0994. The number of thiophene rings is 1. The molecular weight excluding hydrogens is 422 g/mol. The molecule has 2 aliphatic carbocycles. The highest BCUT2D eigenvalue weighted by Crippen LogP contribution is 2.44. The third kappa shape index (κ3) is 3.70. The van der Waals surface area contributed by atoms with Gasteiger partial charge >= 0.3 is 0 Å². The van der Waals surface area contributed by atoms with Crippen LogP contribution in [0, 0.1) is 0 Å². The first kappa shape index (κ1) is 19.9. The Balaban J connectivity index is 1.24. The number of amides is 1. The smallest absolute Gasteiger partial charge is 0.267 e. The van der Waals surface area contributed by atoms with E-state index in [2.05, 4.69) is 9.88 Å². The fourth-order valence-corrected chi connectivity index (χ4v) is 6.17. The zero-order valence-corrected chi connectivity index (χ0v) is 18.9. The molecule has 3 aromatic heterocycles. The van der Waals surface area contributed by atoms with E-state index >= 15 is 0 Å². The summed E-state index contributed by atoms with van der Waals surface area (Å²) in [5, 5.41) is 1.31. The number of ether oxygens (including phenoxy) is 1. The van der Waals surface area contributed by atoms with Crippen LogP contribution in [0.5, 0.6) is 5.75 Å². The number of nitrogens with two attached hydrogens (primary N) is 1. The van der Waals surface area contributed by atoms with Gasteiger partial charge in [0.05, 0.1) is 5.39 Å². The Morgan fingerprint density at radius 3 is 2.72 bits per heavy atom. The summed E-state index contributed by atoms with van der Waals surface area (Å²) < 4.78 is 6.16. The summed E-state index contributed by atoms with van der Waals surface area (Å²) in [6, 6.07) is 3.41. The first-order chi connectivity index (χ1) is 15.7. The quantitative estimate of drug-likeness (QED) is 0.633. The molecule has 32 heavy (non-hydrogen) atoms. The van der Waals surface area contributed by atoms with Crippen molar-refractivity contribution in [2.75, 3.05) is 18.0 Å². The summed E-state index contributed by atoms with van der Waals surface area (Å²) in [5.41, 5.74) is 7.08. The van der Waals surface area contributed by atoms with E-state index in [1.165, 1.54) is 52.8 Å². The summed E-state index contributed by atoms with van der Waals surface area (Å²) in [4.78, 5) is 30.7. The van der Waals surface area contributed by atoms with Gasteiger partial charge in [-0.15, -0.1) is 11.3 Å². The fourth-order valence-electron chi connectivity index (χ4n) is 4.90. The minimum atomic E-state index is -0.538. The molecule has 3 aromatic rings. The molecule has 0 spiro atoms. The molecule has 166 valence electrons. The average molecular weight is 450 g/mol. The number of pyridine rings is 1. The standard InChI is InChI=1S/C24H27N5O2S/c25-21(30)18-13-16(7-10-26-18)31-15-8-11-29(12-9-15)23-20-17-3-1-2-4-19(17)32-24(20)28-22(27-23)14-5-6-14/h7,10,13-15H,1-6,8-9,11-12H2,(H2,25,30). The first-order valence-corrected chi connectivity index (χ1v) is 12.5. The molecule has 7 nitrogen and oxygen atoms in total. The van der Waals surface area contributed by atoms with Crippen molar-refractivity contribution >= 4 is 33.3 Å². The van der Waals surface area contributed by atoms with Gasteiger partial charge in [0.15, 0.2) is 0 Å². The molecule has 2 N–H and O–H groups in total. The molecule has 0 bridgehead atoms. The Bertz CT molecular complexity index is 1180. The summed E-state index contributed by atoms with van der Waals surface area (Å²) in [6.07, 6.45) is 10.8. The van der Waals surface area contributed by atoms with E-state index in [-0.39, 0.29) is 11.8 Å². The van der Waals surface area contributed by atoms with Gasteiger partial charge in [0, 0.05) is 49.0 Å². The van der Waals surface area contributed by atoms with Crippen molar-refractivity contribution in [1.29, 1.82) is 0 Å². The van der Waals surface area contributed by atoms with Crippen LogP contribution in [-0.4, -0.2) is 40.1 Å². The number of aryl methyl sites for hydroxylation is 2. The molecule has 1 aliphatic heterocycles. The van der Waals surface area contributed by atoms with E-state index in [0.29, 0.717) is 11.7 Å². The number of anilines is 1. The highest BCUT2D eigenvalue weighted by atomic mass is 32.1. The molecule has 3 aliphatic rings. The molecule has 8 heteroatoms. The van der Waals surface area contributed by atoms with E-state index < -0.39 is 5.91 Å². The van der Waals surface area contributed by atoms with Crippen LogP contribution in [0.15, 0.2) is 18.3 Å². The number of nitrogens with zero attached hydrogens (tertiary/aromatic N) is 4. The Kier molecular flexibility index (Phi) is 4.97. The maximum absolute atomic E-state index is 11.4. The maximum Gasteiger partial charge on any atom is 0.267 e. The number of hydrogen-bond acceptors (Lipinski definition) is 7. The summed E-state index contributed by atoms with van der Waals surface area (Å²) in [5.74, 6) is 2.85. The molecule has 2 fully saturated rings. The number of piperidine rings is 1. The van der Waals surface area contributed by atoms with Crippen molar-refractivity contribution in [1.82, 2.24) is 15.0 Å². The topological polar surface area (TPSA) is 94.2 Å². The lowest BCUT2D eigenvalue weighted by Crippen LogP contribution is -2.39. The van der Waals surface area contributed by atoms with E-state index in [1.807, 2.05) is 11.3 Å². The lowest BCUT2D eigenvalue weighted by atomic mass is 9.96. The monoisotopic (exact) mass is 449 g/mol. The number of aromatic nitrogens is 3. The normalized spacial score (nSPS) is 19.2. The fraction of sp³-hybridized carbons (Fsp3) is 0.500. The average Bonchev–Trinajstić information content (AvgIpc) is 3.60. The maximum atomic E-state index is 11.4. The minimum Gasteiger partial charge on any atom is -0.490 e. The summed E-state index contributed by atoms with van der Waals surface area (Å²) in [6.45, 7) is 1.80. The predicted octanol–water partition coefficient (Wildman–Crippen LogP) is 3.99. The van der Waals surface area contributed by atoms with Crippen molar-refractivity contribution < 1.29 is 9.53 Å². The number of carbonyl (C=O) groups is 1. The molecular formula is C24H27N5O2S. The van der Waals surface area contributed by atoms with Gasteiger partial charge < -0.3 is 15.4 Å². The lowest BCUT2D eigenvalue weighted by Gasteiger charge is -2.33. The van der Waals surface area contributed by atoms with Gasteiger partial charge in [0.1, 0.15) is 34.0 Å². The summed E-state index contributed by atoms with van der Waals surface area (Å²) >= 11 is 1.90. The van der Waals surface area contributed by atoms with Gasteiger partial charge in [-0.05, 0) is 50.2 Å². The van der Waals surface area contributed by atoms with E-state index in [1.54, 1.807) is 18.3 Å². The van der Waals surface area contributed by atoms with Crippen LogP contribution in [-0.2, 0) is 12.8 Å². The molecule has 4 heterocycles. The first-order valence-electron chi connectivity index (χ1n) is 11.7. The van der Waals surface area contributed by atoms with Gasteiger partial charge in [-0.1, -0.05) is 0 Å². The molecule has 1 amide bonds. The van der Waals surface area contributed by atoms with Crippen LogP contribution in [0.25, 0.3) is 10.2 Å². The third-order valence-electron chi connectivity index (χ3n) is 6.78. The highest BCUT2D eigenvalue weighted by molar-refractivity contribution is 7.19. The van der Waals surface area contributed by atoms with Gasteiger partial charge in [-0.25, -0.2) is 9.97 Å². The van der Waals surface area contributed by atoms with Crippen LogP contribution in [0.1, 0.15) is 71.2 Å². The van der Waals surface area contributed by atoms with Gasteiger partial charge in [-0.3, -0.25) is 9.78 Å². The SMILES string of the molecule is NC(=O)c1cc(OC2CCN(c3nc(C4CC4)nc4sc5c(c34)CCCC5)CC2)ccn1. The van der Waals surface area contributed by atoms with Gasteiger partial charge in [0.2, 0.25) is 0 Å². The van der Waals surface area contributed by atoms with Crippen LogP contribution in [0.3, 0.4) is 0 Å². The Hall–Kier alpha value is -2.74. The van der Waals surface area contributed by atoms with Crippen molar-refractivity contribution in [3.05, 3.63) is 40.3 Å². The Morgan fingerprint density at radius 1 is 1.12 bits per heavy atom. The molecule has 1 saturated carbocycles. The largest absolute Gasteiger partial charge is 0.490 e. The number of rotatable bonds is 5. The molecule has 6 rings (SSSR count). The van der Waals surface area contributed by atoms with Gasteiger partial charge in [0.25, 0.3) is 5.91 Å². The van der Waals surface area contributed by atoms with Gasteiger partial charge in [-0.2, -0.15) is 0 Å². The van der Waals surface area contributed by atoms with Crippen molar-refractivity contribution in [2.45, 2.75) is 63.4 Å². The molecule has 0 unspecified atom stereocenters. The Labute approximate surface area is 191 Å². The second-order valence-electron chi connectivity index (χ2n) is 9.12. The van der Waals surface area contributed by atoms with Crippen LogP contribution in [0.2, 0.25) is 0 Å². The molecule has 1 saturated heterocycles. The molecule has 0 radical (unpaired) electrons. The Morgan fingerprint density at radius 2 is 1.94 bits per heavy atom. The molecule has 0 aromatic carbocycles. The van der Waals surface area contributed by atoms with Crippen molar-refractivity contribution in [3.8, 4) is 5.75 Å². The number of carbonyl (C=O) groups excluding carboxylic acids is 1. The highest BCUT2D eigenvalue weighted by Gasteiger charge is 2.32. The van der Waals surface area contributed by atoms with E-state index in [0.717, 1.165) is 44.0 Å². The summed E-state index contributed by atoms with van der Waals surface area (Å²) in [7, 11) is 0. The predicted molar refractivity (Wildman–Crippen MR) is 125 cm³/mol. The molecule has 0 atom stereocenters. The van der Waals surface area contributed by atoms with E-state index in [9.17, 15) is 4.79 Å². The van der Waals surface area contributed by atoms with E-state index in [4.69, 9.17) is 20.4 Å². The third-order valence-corrected chi connectivity index (χ3v) is 7.97. The minimum absolute atomic E-state index is 0.103. The van der Waals surface area contributed by atoms with Crippen LogP contribution < -0.4 is 15.4 Å².